The van der Waals surface area contributed by atoms with E-state index in [1.54, 1.807) is 13.0 Å². The Balaban J connectivity index is 1.27. The molecule has 2 amide bonds. The molecule has 0 fully saturated rings. The lowest BCUT2D eigenvalue weighted by Gasteiger charge is -2.02. The number of anilines is 2. The molecule has 176 valence electrons. The molecular weight excluding hydrogens is 553 g/mol. The topological polar surface area (TPSA) is 96.9 Å². The van der Waals surface area contributed by atoms with Gasteiger partial charge in [-0.05, 0) is 35.9 Å². The average molecular weight is 571 g/mol. The largest absolute Gasteiger partial charge is 0.326 e. The lowest BCUT2D eigenvalue weighted by molar-refractivity contribution is -0.116. The number of aromatic nitrogens is 3. The predicted molar refractivity (Wildman–Crippen MR) is 144 cm³/mol. The molecule has 34 heavy (non-hydrogen) atoms. The van der Waals surface area contributed by atoms with Crippen LogP contribution in [0.4, 0.5) is 10.8 Å². The monoisotopic (exact) mass is 569 g/mol. The molecule has 0 aliphatic heterocycles. The van der Waals surface area contributed by atoms with Crippen molar-refractivity contribution in [3.8, 4) is 0 Å². The van der Waals surface area contributed by atoms with Gasteiger partial charge in [0.05, 0.1) is 26.0 Å². The lowest BCUT2D eigenvalue weighted by Crippen LogP contribution is -2.13. The van der Waals surface area contributed by atoms with Crippen LogP contribution in [0.5, 0.6) is 0 Å². The van der Waals surface area contributed by atoms with Gasteiger partial charge in [0.25, 0.3) is 0 Å². The molecule has 0 bridgehead atoms. The van der Waals surface area contributed by atoms with E-state index in [4.69, 9.17) is 23.2 Å². The summed E-state index contributed by atoms with van der Waals surface area (Å²) in [5.41, 5.74) is 2.59. The fourth-order valence-electron chi connectivity index (χ4n) is 2.67. The maximum atomic E-state index is 12.4. The van der Waals surface area contributed by atoms with Crippen molar-refractivity contribution in [2.45, 2.75) is 27.8 Å². The summed E-state index contributed by atoms with van der Waals surface area (Å²) < 4.78 is 2.47. The molecule has 0 unspecified atom stereocenters. The van der Waals surface area contributed by atoms with E-state index in [9.17, 15) is 9.59 Å². The smallest absolute Gasteiger partial charge is 0.236 e. The van der Waals surface area contributed by atoms with Gasteiger partial charge in [0.1, 0.15) is 0 Å². The van der Waals surface area contributed by atoms with Gasteiger partial charge in [-0.1, -0.05) is 71.1 Å². The van der Waals surface area contributed by atoms with Gasteiger partial charge in [-0.2, -0.15) is 0 Å². The number of benzene rings is 2. The number of carbonyl (C=O) groups excluding carboxylic acids is 2. The van der Waals surface area contributed by atoms with Crippen molar-refractivity contribution < 1.29 is 9.59 Å². The Labute approximate surface area is 222 Å². The van der Waals surface area contributed by atoms with E-state index in [1.807, 2.05) is 30.3 Å². The summed E-state index contributed by atoms with van der Waals surface area (Å²) in [6.45, 7) is 1.81. The second kappa shape index (κ2) is 11.7. The highest BCUT2D eigenvalue weighted by Crippen LogP contribution is 2.33. The molecule has 0 spiro atoms. The molecule has 0 saturated carbocycles. The lowest BCUT2D eigenvalue weighted by atomic mass is 10.2. The highest BCUT2D eigenvalue weighted by atomic mass is 35.5. The summed E-state index contributed by atoms with van der Waals surface area (Å²) >= 11 is 17.6. The first-order valence-corrected chi connectivity index (χ1v) is 14.3. The minimum Gasteiger partial charge on any atom is -0.326 e. The third-order valence-electron chi connectivity index (χ3n) is 4.30. The summed E-state index contributed by atoms with van der Waals surface area (Å²) in [5, 5.41) is 15.3. The van der Waals surface area contributed by atoms with Crippen molar-refractivity contribution in [2.24, 2.45) is 0 Å². The molecule has 2 N–H and O–H groups in total. The third kappa shape index (κ3) is 6.83. The SMILES string of the molecule is CCC(=O)Nc1ccc2nc(SCC(=O)Nc3nnc(SCc4ccc(Cl)c(Cl)c4)s3)sc2c1. The number of amides is 2. The molecule has 4 rings (SSSR count). The van der Waals surface area contributed by atoms with E-state index in [2.05, 4.69) is 25.8 Å². The molecule has 13 heteroatoms. The van der Waals surface area contributed by atoms with E-state index >= 15 is 0 Å². The fraction of sp³-hybridized carbons (Fsp3) is 0.190. The Bertz CT molecular complexity index is 1340. The molecule has 0 atom stereocenters. The summed E-state index contributed by atoms with van der Waals surface area (Å²) in [6, 6.07) is 11.1. The molecule has 2 aromatic heterocycles. The first-order valence-electron chi connectivity index (χ1n) is 9.93. The van der Waals surface area contributed by atoms with Crippen LogP contribution in [-0.4, -0.2) is 32.7 Å². The van der Waals surface area contributed by atoms with Gasteiger partial charge < -0.3 is 5.32 Å². The van der Waals surface area contributed by atoms with Gasteiger partial charge in [-0.25, -0.2) is 4.98 Å². The Morgan fingerprint density at radius 2 is 1.79 bits per heavy atom. The number of halogens is 2. The summed E-state index contributed by atoms with van der Waals surface area (Å²) in [7, 11) is 0. The van der Waals surface area contributed by atoms with Gasteiger partial charge in [0.15, 0.2) is 8.68 Å². The zero-order valence-electron chi connectivity index (χ0n) is 17.6. The molecule has 7 nitrogen and oxygen atoms in total. The first-order chi connectivity index (χ1) is 16.4. The van der Waals surface area contributed by atoms with Crippen molar-refractivity contribution >= 4 is 102 Å². The van der Waals surface area contributed by atoms with Gasteiger partial charge in [-0.3, -0.25) is 14.9 Å². The van der Waals surface area contributed by atoms with Gasteiger partial charge >= 0.3 is 0 Å². The molecule has 0 saturated heterocycles. The van der Waals surface area contributed by atoms with Crippen molar-refractivity contribution in [3.05, 3.63) is 52.0 Å². The van der Waals surface area contributed by atoms with Crippen LogP contribution in [0.1, 0.15) is 18.9 Å². The molecular formula is C21H17Cl2N5O2S4. The summed E-state index contributed by atoms with van der Waals surface area (Å²) in [5.74, 6) is 0.640. The molecule has 0 aliphatic rings. The number of rotatable bonds is 9. The van der Waals surface area contributed by atoms with Gasteiger partial charge in [0.2, 0.25) is 16.9 Å². The van der Waals surface area contributed by atoms with Crippen LogP contribution in [0.15, 0.2) is 45.1 Å². The molecule has 2 aromatic carbocycles. The Hall–Kier alpha value is -1.89. The Kier molecular flexibility index (Phi) is 8.67. The van der Waals surface area contributed by atoms with Crippen molar-refractivity contribution in [2.75, 3.05) is 16.4 Å². The zero-order chi connectivity index (χ0) is 24.1. The number of thiazole rings is 1. The third-order valence-corrected chi connectivity index (χ3v) is 9.24. The highest BCUT2D eigenvalue weighted by Gasteiger charge is 2.12. The van der Waals surface area contributed by atoms with Crippen LogP contribution in [0.3, 0.4) is 0 Å². The number of fused-ring (bicyclic) bond motifs is 1. The number of hydrogen-bond acceptors (Lipinski definition) is 9. The molecule has 0 aliphatic carbocycles. The Morgan fingerprint density at radius 3 is 2.59 bits per heavy atom. The van der Waals surface area contributed by atoms with Crippen LogP contribution >= 0.6 is 69.4 Å². The quantitative estimate of drug-likeness (QED) is 0.168. The van der Waals surface area contributed by atoms with E-state index in [-0.39, 0.29) is 17.6 Å². The Morgan fingerprint density at radius 1 is 0.941 bits per heavy atom. The standard InChI is InChI=1S/C21H17Cl2N5O2S4/c1-2-17(29)24-12-4-6-15-16(8-12)33-20(25-15)32-10-18(30)26-19-27-28-21(34-19)31-9-11-3-5-13(22)14(23)7-11/h3-8H,2,9-10H2,1H3,(H,24,29)(H,26,27,30). The van der Waals surface area contributed by atoms with Crippen molar-refractivity contribution in [1.82, 2.24) is 15.2 Å². The number of nitrogens with zero attached hydrogens (tertiary/aromatic N) is 3. The predicted octanol–water partition coefficient (Wildman–Crippen LogP) is 6.83. The van der Waals surface area contributed by atoms with Crippen LogP contribution < -0.4 is 10.6 Å². The maximum Gasteiger partial charge on any atom is 0.236 e. The van der Waals surface area contributed by atoms with E-state index < -0.39 is 0 Å². The minimum absolute atomic E-state index is 0.0391. The maximum absolute atomic E-state index is 12.4. The molecule has 2 heterocycles. The number of hydrogen-bond donors (Lipinski definition) is 2. The average Bonchev–Trinajstić information content (AvgIpc) is 3.44. The number of nitrogens with one attached hydrogen (secondary N) is 2. The van der Waals surface area contributed by atoms with Crippen molar-refractivity contribution in [1.29, 1.82) is 0 Å². The fourth-order valence-corrected chi connectivity index (χ4v) is 6.61. The minimum atomic E-state index is -0.183. The second-order valence-corrected chi connectivity index (χ2v) is 12.1. The van der Waals surface area contributed by atoms with Crippen LogP contribution in [-0.2, 0) is 15.3 Å². The summed E-state index contributed by atoms with van der Waals surface area (Å²) in [4.78, 5) is 28.5. The van der Waals surface area contributed by atoms with Gasteiger partial charge in [-0.15, -0.1) is 21.5 Å². The zero-order valence-corrected chi connectivity index (χ0v) is 22.4. The van der Waals surface area contributed by atoms with Crippen LogP contribution in [0.25, 0.3) is 10.2 Å². The van der Waals surface area contributed by atoms with E-state index in [0.29, 0.717) is 27.4 Å². The number of thioether (sulfide) groups is 2. The second-order valence-electron chi connectivity index (χ2n) is 6.81. The number of carbonyl (C=O) groups is 2. The van der Waals surface area contributed by atoms with Gasteiger partial charge in [0, 0.05) is 17.9 Å². The van der Waals surface area contributed by atoms with E-state index in [1.165, 1.54) is 46.2 Å². The summed E-state index contributed by atoms with van der Waals surface area (Å²) in [6.07, 6.45) is 0.420. The molecule has 0 radical (unpaired) electrons. The van der Waals surface area contributed by atoms with E-state index in [0.717, 1.165) is 30.1 Å². The highest BCUT2D eigenvalue weighted by molar-refractivity contribution is 8.01. The van der Waals surface area contributed by atoms with Crippen LogP contribution in [0.2, 0.25) is 10.0 Å². The molecule has 4 aromatic rings. The van der Waals surface area contributed by atoms with Crippen LogP contribution in [0, 0.1) is 0 Å². The first kappa shape index (κ1) is 25.2. The normalized spacial score (nSPS) is 11.0. The van der Waals surface area contributed by atoms with Crippen molar-refractivity contribution in [3.63, 3.8) is 0 Å².